The molecule has 0 aromatic heterocycles. The third-order valence-electron chi connectivity index (χ3n) is 18.7. The number of carbonyl (C=O) groups is 3. The fourth-order valence-corrected chi connectivity index (χ4v) is 16.1. The molecule has 4 aromatic carbocycles. The van der Waals surface area contributed by atoms with Crippen LogP contribution in [0.5, 0.6) is 0 Å². The van der Waals surface area contributed by atoms with Crippen LogP contribution in [0.3, 0.4) is 0 Å². The van der Waals surface area contributed by atoms with Gasteiger partial charge >= 0.3 is 0 Å². The van der Waals surface area contributed by atoms with Gasteiger partial charge in [0.15, 0.2) is 0 Å². The van der Waals surface area contributed by atoms with E-state index in [-0.39, 0.29) is 59.8 Å². The number of anilines is 2. The Bertz CT molecular complexity index is 3280. The Balaban J connectivity index is 0.000000188. The number of rotatable bonds is 16. The van der Waals surface area contributed by atoms with Crippen LogP contribution in [0.1, 0.15) is 136 Å². The fraction of sp³-hybridized carbons (Fsp3) is 0.565. The van der Waals surface area contributed by atoms with Crippen molar-refractivity contribution in [3.63, 3.8) is 0 Å². The van der Waals surface area contributed by atoms with E-state index in [9.17, 15) is 44.4 Å². The number of ether oxygens (including phenoxy) is 1. The Labute approximate surface area is 496 Å². The van der Waals surface area contributed by atoms with E-state index in [4.69, 9.17) is 27.9 Å². The number of piperidine rings is 2. The van der Waals surface area contributed by atoms with E-state index in [1.165, 1.54) is 39.3 Å². The summed E-state index contributed by atoms with van der Waals surface area (Å²) in [5, 5.41) is 1.08. The Hall–Kier alpha value is -4.79. The maximum atomic E-state index is 15.2. The summed E-state index contributed by atoms with van der Waals surface area (Å²) in [6.45, 7) is 4.25. The molecule has 3 saturated heterocycles. The number of carbonyl (C=O) groups excluding carboxylic acids is 3. The van der Waals surface area contributed by atoms with Crippen molar-refractivity contribution in [1.82, 2.24) is 14.7 Å². The van der Waals surface area contributed by atoms with Crippen molar-refractivity contribution < 1.29 is 53.5 Å². The van der Waals surface area contributed by atoms with Crippen molar-refractivity contribution >= 4 is 72.2 Å². The number of benzene rings is 4. The first-order chi connectivity index (χ1) is 39.5. The molecule has 0 radical (unpaired) electrons. The van der Waals surface area contributed by atoms with Gasteiger partial charge in [-0.15, -0.1) is 0 Å². The van der Waals surface area contributed by atoms with Gasteiger partial charge in [-0.2, -0.15) is 0 Å². The normalized spacial score (nSPS) is 24.0. The highest BCUT2D eigenvalue weighted by molar-refractivity contribution is 7.92. The number of Topliss-reactive ketones (excluding diaryl/α,β-unsaturated/α-hetero) is 1. The summed E-state index contributed by atoms with van der Waals surface area (Å²) in [7, 11) is -4.87. The van der Waals surface area contributed by atoms with Gasteiger partial charge in [-0.25, -0.2) is 34.4 Å². The molecule has 0 spiro atoms. The summed E-state index contributed by atoms with van der Waals surface area (Å²) < 4.78 is 117. The lowest BCUT2D eigenvalue weighted by molar-refractivity contribution is -0.138. The molecule has 83 heavy (non-hydrogen) atoms. The number of hydrogen-bond acceptors (Lipinski definition) is 9. The van der Waals surface area contributed by atoms with Crippen LogP contribution in [-0.2, 0) is 39.2 Å². The molecular weight excluding hydrogens is 1150 g/mol. The Morgan fingerprint density at radius 1 is 0.554 bits per heavy atom. The zero-order valence-corrected chi connectivity index (χ0v) is 50.5. The average Bonchev–Trinajstić information content (AvgIpc) is 4.53. The molecule has 450 valence electrons. The van der Waals surface area contributed by atoms with Crippen LogP contribution in [-0.4, -0.2) is 133 Å². The van der Waals surface area contributed by atoms with Crippen molar-refractivity contribution in [1.29, 1.82) is 0 Å². The lowest BCUT2D eigenvalue weighted by Crippen LogP contribution is -2.44. The van der Waals surface area contributed by atoms with Gasteiger partial charge in [-0.3, -0.25) is 23.0 Å². The highest BCUT2D eigenvalue weighted by Gasteiger charge is 2.46. The van der Waals surface area contributed by atoms with Gasteiger partial charge in [0.2, 0.25) is 31.9 Å². The number of amides is 2. The molecule has 7 aliphatic rings. The second kappa shape index (κ2) is 25.7. The number of likely N-dealkylation sites (tertiary alicyclic amines) is 2. The molecule has 7 fully saturated rings. The molecular formula is C62H75Cl2F4N5O8S2. The largest absolute Gasteiger partial charge is 0.381 e. The lowest BCUT2D eigenvalue weighted by atomic mass is 9.85. The van der Waals surface area contributed by atoms with Gasteiger partial charge < -0.3 is 19.4 Å². The van der Waals surface area contributed by atoms with Crippen molar-refractivity contribution in [2.45, 2.75) is 126 Å². The maximum Gasteiger partial charge on any atom is 0.232 e. The van der Waals surface area contributed by atoms with Gasteiger partial charge in [-0.1, -0.05) is 35.3 Å². The Kier molecular flexibility index (Phi) is 18.9. The zero-order chi connectivity index (χ0) is 59.1. The first kappa shape index (κ1) is 61.3. The standard InChI is InChI=1S/C34H44ClF2N3O4S.C28H31ClF2N2O4S/c1-38(26-11-15-44-16-12-26)27-19-30(28-7-6-25(36)18-32(28)37)31(20-27)34(41)39-13-9-23(10-14-39)29-17-24(35)5-8-33(29)40(45(2,42)43)21-22-3-4-22;1-38(36,37)33(16-17-2-3-17)27-7-4-19(29)12-23(27)18-8-10-32(11-9-18)28(35)25-15-21(34)14-24(25)22-6-5-20(30)13-26(22)31/h5-8,17-18,22-23,26-27,30-31H,3-4,9-16,19-21H2,1-2H3;4-7,12-13,17-18,24-25H,2-3,8-11,14-16H2,1H3/t27?,30-,31?;24-,25?/m00/s1. The molecule has 2 amide bonds. The van der Waals surface area contributed by atoms with Gasteiger partial charge in [0.05, 0.1) is 29.8 Å². The molecule has 11 rings (SSSR count). The Morgan fingerprint density at radius 2 is 1.00 bits per heavy atom. The van der Waals surface area contributed by atoms with Gasteiger partial charge in [-0.05, 0) is 184 Å². The van der Waals surface area contributed by atoms with Crippen LogP contribution in [0.15, 0.2) is 72.8 Å². The Morgan fingerprint density at radius 3 is 1.43 bits per heavy atom. The summed E-state index contributed by atoms with van der Waals surface area (Å²) >= 11 is 12.8. The SMILES string of the molecule is CN(C1CCOCC1)C1CC(C(=O)N2CCC(c3cc(Cl)ccc3N(CC3CC3)S(C)(=O)=O)CC2)[C@H](c2ccc(F)cc2F)C1.CS(=O)(=O)N(CC1CC1)c1ccc(Cl)cc1C1CCN(C(=O)C2CC(=O)C[C@H]2c2ccc(F)cc2F)CC1. The van der Waals surface area contributed by atoms with Crippen molar-refractivity contribution in [3.05, 3.63) is 128 Å². The van der Waals surface area contributed by atoms with Gasteiger partial charge in [0.1, 0.15) is 29.1 Å². The first-order valence-corrected chi connectivity index (χ1v) is 33.8. The summed E-state index contributed by atoms with van der Waals surface area (Å²) in [4.78, 5) is 46.0. The van der Waals surface area contributed by atoms with Crippen LogP contribution in [0.25, 0.3) is 0 Å². The molecule has 0 N–H and O–H groups in total. The topological polar surface area (TPSA) is 145 Å². The molecule has 3 heterocycles. The van der Waals surface area contributed by atoms with E-state index in [1.54, 1.807) is 23.1 Å². The minimum atomic E-state index is -3.49. The van der Waals surface area contributed by atoms with Crippen LogP contribution < -0.4 is 8.61 Å². The molecule has 4 saturated carbocycles. The quantitative estimate of drug-likeness (QED) is 0.100. The number of halogens is 6. The van der Waals surface area contributed by atoms with Gasteiger partial charge in [0.25, 0.3) is 0 Å². The molecule has 13 nitrogen and oxygen atoms in total. The van der Waals surface area contributed by atoms with Crippen LogP contribution in [0.2, 0.25) is 10.0 Å². The zero-order valence-electron chi connectivity index (χ0n) is 47.3. The highest BCUT2D eigenvalue weighted by atomic mass is 35.5. The third-order valence-corrected chi connectivity index (χ3v) is 21.4. The number of sulfonamides is 2. The van der Waals surface area contributed by atoms with E-state index in [2.05, 4.69) is 11.9 Å². The van der Waals surface area contributed by atoms with E-state index >= 15 is 4.39 Å². The number of hydrogen-bond donors (Lipinski definition) is 0. The van der Waals surface area contributed by atoms with Gasteiger partial charge in [0, 0.05) is 111 Å². The monoisotopic (exact) mass is 1230 g/mol. The van der Waals surface area contributed by atoms with Crippen molar-refractivity contribution in [3.8, 4) is 0 Å². The fourth-order valence-electron chi connectivity index (χ4n) is 13.7. The van der Waals surface area contributed by atoms with E-state index in [0.717, 1.165) is 67.9 Å². The predicted molar refractivity (Wildman–Crippen MR) is 314 cm³/mol. The molecule has 4 aliphatic carbocycles. The molecule has 21 heteroatoms. The summed E-state index contributed by atoms with van der Waals surface area (Å²) in [6, 6.07) is 18.2. The minimum absolute atomic E-state index is 0.00625. The van der Waals surface area contributed by atoms with Crippen molar-refractivity contribution in [2.24, 2.45) is 23.7 Å². The van der Waals surface area contributed by atoms with Crippen LogP contribution in [0, 0.1) is 46.9 Å². The smallest absolute Gasteiger partial charge is 0.232 e. The van der Waals surface area contributed by atoms with E-state index < -0.39 is 61.1 Å². The second-order valence-electron chi connectivity index (χ2n) is 24.4. The summed E-state index contributed by atoms with van der Waals surface area (Å²) in [5.41, 5.74) is 3.70. The van der Waals surface area contributed by atoms with Crippen LogP contribution >= 0.6 is 23.2 Å². The number of ketones is 1. The summed E-state index contributed by atoms with van der Waals surface area (Å²) in [6.07, 6.45) is 12.4. The second-order valence-corrected chi connectivity index (χ2v) is 29.1. The molecule has 0 bridgehead atoms. The number of nitrogens with zero attached hydrogens (tertiary/aromatic N) is 5. The average molecular weight is 1230 g/mol. The maximum absolute atomic E-state index is 15.2. The van der Waals surface area contributed by atoms with Crippen LogP contribution in [0.4, 0.5) is 28.9 Å². The highest BCUT2D eigenvalue weighted by Crippen LogP contribution is 2.47. The molecule has 5 atom stereocenters. The predicted octanol–water partition coefficient (Wildman–Crippen LogP) is 11.4. The molecule has 3 unspecified atom stereocenters. The summed E-state index contributed by atoms with van der Waals surface area (Å²) in [5.74, 6) is -4.19. The van der Waals surface area contributed by atoms with E-state index in [0.29, 0.717) is 136 Å². The van der Waals surface area contributed by atoms with E-state index in [1.807, 2.05) is 23.1 Å². The third kappa shape index (κ3) is 14.6. The van der Waals surface area contributed by atoms with Crippen molar-refractivity contribution in [2.75, 3.05) is 80.7 Å². The minimum Gasteiger partial charge on any atom is -0.381 e. The lowest BCUT2D eigenvalue weighted by Gasteiger charge is -2.37. The molecule has 3 aliphatic heterocycles. The molecule has 4 aromatic rings. The first-order valence-electron chi connectivity index (χ1n) is 29.3.